The molecule has 1 amide bonds. The van der Waals surface area contributed by atoms with E-state index in [0.29, 0.717) is 36.7 Å². The molecule has 166 valence electrons. The molecule has 7 heteroatoms. The summed E-state index contributed by atoms with van der Waals surface area (Å²) in [5, 5.41) is 3.00. The van der Waals surface area contributed by atoms with Gasteiger partial charge in [0.05, 0.1) is 18.0 Å². The fourth-order valence-corrected chi connectivity index (χ4v) is 4.10. The number of amides is 1. The first-order valence-electron chi connectivity index (χ1n) is 10.7. The number of rotatable bonds is 14. The number of nitrogens with one attached hydrogen (secondary N) is 1. The molecule has 0 spiro atoms. The highest BCUT2D eigenvalue weighted by Crippen LogP contribution is 2.24. The van der Waals surface area contributed by atoms with Crippen LogP contribution in [0.25, 0.3) is 0 Å². The third-order valence-electron chi connectivity index (χ3n) is 4.77. The van der Waals surface area contributed by atoms with Crippen molar-refractivity contribution in [3.8, 4) is 5.75 Å². The van der Waals surface area contributed by atoms with Gasteiger partial charge in [-0.1, -0.05) is 39.2 Å². The maximum absolute atomic E-state index is 12.3. The Hall–Kier alpha value is -1.76. The van der Waals surface area contributed by atoms with Crippen molar-refractivity contribution in [2.45, 2.75) is 72.3 Å². The molecule has 1 rings (SSSR count). The first-order chi connectivity index (χ1) is 13.7. The minimum absolute atomic E-state index is 0.00454. The number of anilines is 1. The molecule has 29 heavy (non-hydrogen) atoms. The molecule has 1 N–H and O–H groups in total. The number of carbonyl (C=O) groups excluding carboxylic acids is 1. The molecule has 0 unspecified atom stereocenters. The summed E-state index contributed by atoms with van der Waals surface area (Å²) in [6.07, 6.45) is 6.47. The Labute approximate surface area is 177 Å². The molecule has 0 heterocycles. The van der Waals surface area contributed by atoms with Crippen molar-refractivity contribution in [1.29, 1.82) is 0 Å². The number of sulfonamides is 1. The fourth-order valence-electron chi connectivity index (χ4n) is 3.14. The second-order valence-corrected chi connectivity index (χ2v) is 9.73. The van der Waals surface area contributed by atoms with Crippen molar-refractivity contribution in [3.05, 3.63) is 24.3 Å². The van der Waals surface area contributed by atoms with Gasteiger partial charge in [0.25, 0.3) is 0 Å². The molecule has 0 bridgehead atoms. The zero-order valence-corrected chi connectivity index (χ0v) is 19.4. The van der Waals surface area contributed by atoms with Crippen LogP contribution in [-0.2, 0) is 14.8 Å². The van der Waals surface area contributed by atoms with Gasteiger partial charge in [-0.15, -0.1) is 0 Å². The van der Waals surface area contributed by atoms with Gasteiger partial charge in [0.1, 0.15) is 5.75 Å². The van der Waals surface area contributed by atoms with E-state index in [9.17, 15) is 13.2 Å². The van der Waals surface area contributed by atoms with E-state index in [0.717, 1.165) is 19.3 Å². The van der Waals surface area contributed by atoms with Gasteiger partial charge in [-0.05, 0) is 44.7 Å². The first kappa shape index (κ1) is 25.3. The van der Waals surface area contributed by atoms with Crippen molar-refractivity contribution in [1.82, 2.24) is 5.32 Å². The van der Waals surface area contributed by atoms with Gasteiger partial charge in [-0.2, -0.15) is 0 Å². The van der Waals surface area contributed by atoms with Crippen molar-refractivity contribution in [2.75, 3.05) is 23.7 Å². The third-order valence-corrected chi connectivity index (χ3v) is 5.97. The molecule has 0 aromatic heterocycles. The van der Waals surface area contributed by atoms with E-state index in [-0.39, 0.29) is 18.6 Å². The Morgan fingerprint density at radius 2 is 1.93 bits per heavy atom. The molecule has 1 aromatic carbocycles. The van der Waals surface area contributed by atoms with Crippen LogP contribution < -0.4 is 14.4 Å². The number of unbranched alkanes of at least 4 members (excludes halogenated alkanes) is 1. The summed E-state index contributed by atoms with van der Waals surface area (Å²) in [4.78, 5) is 12.2. The molecule has 0 radical (unpaired) electrons. The summed E-state index contributed by atoms with van der Waals surface area (Å²) in [6.45, 7) is 9.11. The lowest BCUT2D eigenvalue weighted by Crippen LogP contribution is -2.33. The highest BCUT2D eigenvalue weighted by Gasteiger charge is 2.18. The van der Waals surface area contributed by atoms with Crippen LogP contribution in [0.2, 0.25) is 0 Å². The van der Waals surface area contributed by atoms with Gasteiger partial charge >= 0.3 is 0 Å². The maximum atomic E-state index is 12.3. The van der Waals surface area contributed by atoms with Crippen molar-refractivity contribution in [3.63, 3.8) is 0 Å². The number of hydrogen-bond donors (Lipinski definition) is 1. The Balaban J connectivity index is 2.62. The molecule has 1 atom stereocenters. The largest absolute Gasteiger partial charge is 0.491 e. The summed E-state index contributed by atoms with van der Waals surface area (Å²) in [7, 11) is -3.46. The summed E-state index contributed by atoms with van der Waals surface area (Å²) < 4.78 is 31.6. The SMILES string of the molecule is CCCC[C@@H](CC)CNC(=O)CCCN(c1cccc(OC(C)C)c1)S(C)(=O)=O. The van der Waals surface area contributed by atoms with E-state index in [4.69, 9.17) is 4.74 Å². The Bertz CT molecular complexity index is 719. The molecule has 0 saturated carbocycles. The topological polar surface area (TPSA) is 75.7 Å². The molecular formula is C22H38N2O4S. The van der Waals surface area contributed by atoms with Gasteiger partial charge in [0.2, 0.25) is 15.9 Å². The highest BCUT2D eigenvalue weighted by molar-refractivity contribution is 7.92. The third kappa shape index (κ3) is 10.0. The quantitative estimate of drug-likeness (QED) is 0.480. The maximum Gasteiger partial charge on any atom is 0.232 e. The number of benzene rings is 1. The van der Waals surface area contributed by atoms with E-state index < -0.39 is 10.0 Å². The van der Waals surface area contributed by atoms with Crippen LogP contribution in [0.4, 0.5) is 5.69 Å². The molecular weight excluding hydrogens is 388 g/mol. The number of hydrogen-bond acceptors (Lipinski definition) is 4. The molecule has 1 aromatic rings. The summed E-state index contributed by atoms with van der Waals surface area (Å²) >= 11 is 0. The summed E-state index contributed by atoms with van der Waals surface area (Å²) in [5.41, 5.74) is 0.552. The van der Waals surface area contributed by atoms with Crippen LogP contribution in [0.3, 0.4) is 0 Å². The van der Waals surface area contributed by atoms with Crippen LogP contribution in [-0.4, -0.2) is 39.8 Å². The number of nitrogens with zero attached hydrogens (tertiary/aromatic N) is 1. The van der Waals surface area contributed by atoms with E-state index in [2.05, 4.69) is 19.2 Å². The lowest BCUT2D eigenvalue weighted by Gasteiger charge is -2.23. The van der Waals surface area contributed by atoms with Crippen LogP contribution in [0, 0.1) is 5.92 Å². The van der Waals surface area contributed by atoms with Gasteiger partial charge in [-0.3, -0.25) is 9.10 Å². The zero-order chi connectivity index (χ0) is 21.9. The van der Waals surface area contributed by atoms with Gasteiger partial charge in [0, 0.05) is 25.6 Å². The van der Waals surface area contributed by atoms with Crippen molar-refractivity contribution >= 4 is 21.6 Å². The van der Waals surface area contributed by atoms with Crippen molar-refractivity contribution in [2.24, 2.45) is 5.92 Å². The molecule has 0 fully saturated rings. The Morgan fingerprint density at radius 3 is 2.52 bits per heavy atom. The Kier molecular flexibility index (Phi) is 11.1. The minimum Gasteiger partial charge on any atom is -0.491 e. The lowest BCUT2D eigenvalue weighted by atomic mass is 9.99. The summed E-state index contributed by atoms with van der Waals surface area (Å²) in [6, 6.07) is 7.05. The van der Waals surface area contributed by atoms with Crippen LogP contribution >= 0.6 is 0 Å². The molecule has 0 aliphatic heterocycles. The predicted octanol–water partition coefficient (Wildman–Crippen LogP) is 4.35. The van der Waals surface area contributed by atoms with Gasteiger partial charge in [-0.25, -0.2) is 8.42 Å². The van der Waals surface area contributed by atoms with Crippen LogP contribution in [0.15, 0.2) is 24.3 Å². The smallest absolute Gasteiger partial charge is 0.232 e. The van der Waals surface area contributed by atoms with Crippen molar-refractivity contribution < 1.29 is 17.9 Å². The van der Waals surface area contributed by atoms with Crippen LogP contribution in [0.5, 0.6) is 5.75 Å². The first-order valence-corrected chi connectivity index (χ1v) is 12.5. The zero-order valence-electron chi connectivity index (χ0n) is 18.6. The fraction of sp³-hybridized carbons (Fsp3) is 0.682. The second-order valence-electron chi connectivity index (χ2n) is 7.82. The normalized spacial score (nSPS) is 12.6. The number of ether oxygens (including phenoxy) is 1. The standard InChI is InChI=1S/C22H38N2O4S/c1-6-8-11-19(7-2)17-23-22(25)14-10-15-24(29(5,26)27)20-12-9-13-21(16-20)28-18(3)4/h9,12-13,16,18-19H,6-8,10-11,14-15,17H2,1-5H3,(H,23,25)/t19-/m1/s1. The number of carbonyl (C=O) groups is 1. The van der Waals surface area contributed by atoms with E-state index in [1.807, 2.05) is 13.8 Å². The Morgan fingerprint density at radius 1 is 1.21 bits per heavy atom. The van der Waals surface area contributed by atoms with Gasteiger partial charge < -0.3 is 10.1 Å². The average molecular weight is 427 g/mol. The van der Waals surface area contributed by atoms with Gasteiger partial charge in [0.15, 0.2) is 0 Å². The predicted molar refractivity (Wildman–Crippen MR) is 120 cm³/mol. The average Bonchev–Trinajstić information content (AvgIpc) is 2.64. The van der Waals surface area contributed by atoms with E-state index in [1.165, 1.54) is 17.0 Å². The molecule has 0 aliphatic rings. The summed E-state index contributed by atoms with van der Waals surface area (Å²) in [5.74, 6) is 1.11. The van der Waals surface area contributed by atoms with E-state index >= 15 is 0 Å². The molecule has 0 saturated heterocycles. The molecule has 0 aliphatic carbocycles. The highest BCUT2D eigenvalue weighted by atomic mass is 32.2. The molecule has 6 nitrogen and oxygen atoms in total. The lowest BCUT2D eigenvalue weighted by molar-refractivity contribution is -0.121. The van der Waals surface area contributed by atoms with E-state index in [1.54, 1.807) is 24.3 Å². The second kappa shape index (κ2) is 12.7. The van der Waals surface area contributed by atoms with Crippen LogP contribution in [0.1, 0.15) is 66.2 Å². The minimum atomic E-state index is -3.46. The monoisotopic (exact) mass is 426 g/mol.